The summed E-state index contributed by atoms with van der Waals surface area (Å²) in [5.41, 5.74) is 7.92. The SMILES string of the molecule is NCCc1[nH]nc(C2CCCCC2)c1Br. The van der Waals surface area contributed by atoms with Gasteiger partial charge >= 0.3 is 0 Å². The van der Waals surface area contributed by atoms with Crippen molar-refractivity contribution in [1.82, 2.24) is 10.2 Å². The van der Waals surface area contributed by atoms with Crippen LogP contribution in [-0.2, 0) is 6.42 Å². The number of nitrogens with zero attached hydrogens (tertiary/aromatic N) is 1. The molecule has 0 spiro atoms. The Morgan fingerprint density at radius 1 is 1.33 bits per heavy atom. The number of halogens is 1. The van der Waals surface area contributed by atoms with E-state index in [9.17, 15) is 0 Å². The molecule has 1 aliphatic carbocycles. The number of hydrogen-bond acceptors (Lipinski definition) is 2. The van der Waals surface area contributed by atoms with E-state index in [0.29, 0.717) is 12.5 Å². The summed E-state index contributed by atoms with van der Waals surface area (Å²) in [7, 11) is 0. The lowest BCUT2D eigenvalue weighted by atomic mass is 9.87. The molecule has 0 atom stereocenters. The van der Waals surface area contributed by atoms with Crippen LogP contribution in [0.15, 0.2) is 4.47 Å². The molecule has 1 saturated carbocycles. The summed E-state index contributed by atoms with van der Waals surface area (Å²) < 4.78 is 1.17. The van der Waals surface area contributed by atoms with E-state index in [4.69, 9.17) is 5.73 Å². The van der Waals surface area contributed by atoms with Crippen molar-refractivity contribution in [2.45, 2.75) is 44.4 Å². The van der Waals surface area contributed by atoms with Gasteiger partial charge in [0.15, 0.2) is 0 Å². The molecule has 3 nitrogen and oxygen atoms in total. The van der Waals surface area contributed by atoms with Crippen LogP contribution in [0.5, 0.6) is 0 Å². The first-order valence-corrected chi connectivity index (χ1v) is 6.55. The molecule has 0 amide bonds. The van der Waals surface area contributed by atoms with Crippen molar-refractivity contribution >= 4 is 15.9 Å². The molecule has 1 fully saturated rings. The van der Waals surface area contributed by atoms with Crippen molar-refractivity contribution in [1.29, 1.82) is 0 Å². The fourth-order valence-corrected chi connectivity index (χ4v) is 3.04. The Morgan fingerprint density at radius 3 is 2.73 bits per heavy atom. The molecule has 1 aromatic rings. The molecule has 0 aromatic carbocycles. The summed E-state index contributed by atoms with van der Waals surface area (Å²) in [5, 5.41) is 7.53. The van der Waals surface area contributed by atoms with E-state index in [1.165, 1.54) is 42.3 Å². The first-order chi connectivity index (χ1) is 7.33. The largest absolute Gasteiger partial charge is 0.330 e. The third-order valence-electron chi connectivity index (χ3n) is 3.19. The molecule has 1 aliphatic rings. The summed E-state index contributed by atoms with van der Waals surface area (Å²) in [5.74, 6) is 0.649. The van der Waals surface area contributed by atoms with Crippen LogP contribution in [0.2, 0.25) is 0 Å². The van der Waals surface area contributed by atoms with E-state index in [1.54, 1.807) is 0 Å². The fourth-order valence-electron chi connectivity index (χ4n) is 2.34. The maximum absolute atomic E-state index is 5.55. The molecule has 0 aliphatic heterocycles. The smallest absolute Gasteiger partial charge is 0.0797 e. The maximum Gasteiger partial charge on any atom is 0.0797 e. The van der Waals surface area contributed by atoms with Gasteiger partial charge in [0.25, 0.3) is 0 Å². The summed E-state index contributed by atoms with van der Waals surface area (Å²) in [6.07, 6.45) is 7.51. The molecular formula is C11H18BrN3. The van der Waals surface area contributed by atoms with Crippen LogP contribution in [0.4, 0.5) is 0 Å². The van der Waals surface area contributed by atoms with E-state index in [-0.39, 0.29) is 0 Å². The molecule has 0 bridgehead atoms. The minimum atomic E-state index is 0.649. The van der Waals surface area contributed by atoms with Gasteiger partial charge in [-0.1, -0.05) is 19.3 Å². The number of nitrogens with one attached hydrogen (secondary N) is 1. The second-order valence-electron chi connectivity index (χ2n) is 4.27. The highest BCUT2D eigenvalue weighted by Gasteiger charge is 2.21. The Labute approximate surface area is 98.9 Å². The van der Waals surface area contributed by atoms with Crippen molar-refractivity contribution in [2.24, 2.45) is 5.73 Å². The van der Waals surface area contributed by atoms with Gasteiger partial charge in [0.1, 0.15) is 0 Å². The predicted octanol–water partition coefficient (Wildman–Crippen LogP) is 2.72. The Balaban J connectivity index is 2.13. The van der Waals surface area contributed by atoms with Crippen molar-refractivity contribution in [3.63, 3.8) is 0 Å². The molecule has 3 N–H and O–H groups in total. The van der Waals surface area contributed by atoms with Crippen LogP contribution in [0.3, 0.4) is 0 Å². The van der Waals surface area contributed by atoms with E-state index in [1.807, 2.05) is 0 Å². The van der Waals surface area contributed by atoms with Crippen LogP contribution in [0.25, 0.3) is 0 Å². The molecular weight excluding hydrogens is 254 g/mol. The normalized spacial score (nSPS) is 18.3. The molecule has 84 valence electrons. The molecule has 1 aromatic heterocycles. The maximum atomic E-state index is 5.55. The first-order valence-electron chi connectivity index (χ1n) is 5.75. The third kappa shape index (κ3) is 2.42. The molecule has 0 saturated heterocycles. The Kier molecular flexibility index (Phi) is 3.81. The summed E-state index contributed by atoms with van der Waals surface area (Å²) in [4.78, 5) is 0. The van der Waals surface area contributed by atoms with Crippen LogP contribution >= 0.6 is 15.9 Å². The van der Waals surface area contributed by atoms with Crippen molar-refractivity contribution in [2.75, 3.05) is 6.54 Å². The summed E-state index contributed by atoms with van der Waals surface area (Å²) >= 11 is 3.64. The first kappa shape index (κ1) is 11.1. The van der Waals surface area contributed by atoms with Gasteiger partial charge in [-0.05, 0) is 35.3 Å². The second-order valence-corrected chi connectivity index (χ2v) is 5.07. The highest BCUT2D eigenvalue weighted by atomic mass is 79.9. The zero-order valence-electron chi connectivity index (χ0n) is 8.93. The van der Waals surface area contributed by atoms with Gasteiger partial charge in [0.05, 0.1) is 15.9 Å². The minimum absolute atomic E-state index is 0.649. The highest BCUT2D eigenvalue weighted by molar-refractivity contribution is 9.10. The van der Waals surface area contributed by atoms with Gasteiger partial charge in [-0.2, -0.15) is 5.10 Å². The lowest BCUT2D eigenvalue weighted by molar-refractivity contribution is 0.435. The Bertz CT molecular complexity index is 316. The zero-order chi connectivity index (χ0) is 10.7. The van der Waals surface area contributed by atoms with E-state index < -0.39 is 0 Å². The second kappa shape index (κ2) is 5.12. The molecule has 4 heteroatoms. The quantitative estimate of drug-likeness (QED) is 0.888. The Morgan fingerprint density at radius 2 is 2.07 bits per heavy atom. The van der Waals surface area contributed by atoms with Crippen LogP contribution in [0, 0.1) is 0 Å². The zero-order valence-corrected chi connectivity index (χ0v) is 10.5. The Hall–Kier alpha value is -0.350. The number of rotatable bonds is 3. The van der Waals surface area contributed by atoms with Gasteiger partial charge in [-0.25, -0.2) is 0 Å². The average Bonchev–Trinajstić information content (AvgIpc) is 2.63. The monoisotopic (exact) mass is 271 g/mol. The van der Waals surface area contributed by atoms with E-state index in [0.717, 1.165) is 12.1 Å². The fraction of sp³-hybridized carbons (Fsp3) is 0.727. The van der Waals surface area contributed by atoms with E-state index >= 15 is 0 Å². The molecule has 0 unspecified atom stereocenters. The number of H-pyrrole nitrogens is 1. The third-order valence-corrected chi connectivity index (χ3v) is 4.07. The van der Waals surface area contributed by atoms with Gasteiger partial charge in [-0.3, -0.25) is 5.10 Å². The molecule has 2 rings (SSSR count). The van der Waals surface area contributed by atoms with Crippen LogP contribution in [0.1, 0.15) is 49.4 Å². The predicted molar refractivity (Wildman–Crippen MR) is 64.9 cm³/mol. The van der Waals surface area contributed by atoms with Crippen LogP contribution in [-0.4, -0.2) is 16.7 Å². The number of aromatic nitrogens is 2. The van der Waals surface area contributed by atoms with E-state index in [2.05, 4.69) is 26.1 Å². The van der Waals surface area contributed by atoms with Crippen molar-refractivity contribution < 1.29 is 0 Å². The summed E-state index contributed by atoms with van der Waals surface area (Å²) in [6.45, 7) is 0.672. The van der Waals surface area contributed by atoms with Crippen molar-refractivity contribution in [3.8, 4) is 0 Å². The standard InChI is InChI=1S/C11H18BrN3/c12-10-9(6-7-13)14-15-11(10)8-4-2-1-3-5-8/h8H,1-7,13H2,(H,14,15). The lowest BCUT2D eigenvalue weighted by Crippen LogP contribution is -2.06. The average molecular weight is 272 g/mol. The van der Waals surface area contributed by atoms with Gasteiger partial charge < -0.3 is 5.73 Å². The van der Waals surface area contributed by atoms with Gasteiger partial charge in [0.2, 0.25) is 0 Å². The topological polar surface area (TPSA) is 54.7 Å². The summed E-state index contributed by atoms with van der Waals surface area (Å²) in [6, 6.07) is 0. The number of nitrogens with two attached hydrogens (primary N) is 1. The molecule has 15 heavy (non-hydrogen) atoms. The lowest BCUT2D eigenvalue weighted by Gasteiger charge is -2.19. The highest BCUT2D eigenvalue weighted by Crippen LogP contribution is 2.36. The van der Waals surface area contributed by atoms with Crippen LogP contribution < -0.4 is 5.73 Å². The van der Waals surface area contributed by atoms with Gasteiger partial charge in [-0.15, -0.1) is 0 Å². The van der Waals surface area contributed by atoms with Gasteiger partial charge in [0, 0.05) is 12.3 Å². The minimum Gasteiger partial charge on any atom is -0.330 e. The van der Waals surface area contributed by atoms with Crippen molar-refractivity contribution in [3.05, 3.63) is 15.9 Å². The number of aromatic amines is 1. The number of hydrogen-bond donors (Lipinski definition) is 2. The molecule has 0 radical (unpaired) electrons. The molecule has 1 heterocycles.